The SMILES string of the molecule is CC/C(=N/NC(=S)NC1CCCC1)c1ccc(F)cc1. The van der Waals surface area contributed by atoms with Gasteiger partial charge in [-0.1, -0.05) is 31.9 Å². The highest BCUT2D eigenvalue weighted by atomic mass is 32.1. The zero-order valence-corrected chi connectivity index (χ0v) is 12.5. The number of nitrogens with zero attached hydrogens (tertiary/aromatic N) is 1. The minimum Gasteiger partial charge on any atom is -0.359 e. The van der Waals surface area contributed by atoms with Crippen LogP contribution in [0.2, 0.25) is 0 Å². The van der Waals surface area contributed by atoms with Crippen molar-refractivity contribution in [3.8, 4) is 0 Å². The first-order valence-corrected chi connectivity index (χ1v) is 7.49. The molecule has 1 aliphatic rings. The lowest BCUT2D eigenvalue weighted by Gasteiger charge is -2.14. The minimum atomic E-state index is -0.240. The zero-order chi connectivity index (χ0) is 14.4. The van der Waals surface area contributed by atoms with Gasteiger partial charge in [0.25, 0.3) is 0 Å². The molecule has 3 nitrogen and oxygen atoms in total. The van der Waals surface area contributed by atoms with Gasteiger partial charge < -0.3 is 5.32 Å². The van der Waals surface area contributed by atoms with Crippen LogP contribution in [0.15, 0.2) is 29.4 Å². The smallest absolute Gasteiger partial charge is 0.187 e. The highest BCUT2D eigenvalue weighted by Crippen LogP contribution is 2.17. The van der Waals surface area contributed by atoms with Gasteiger partial charge in [0, 0.05) is 6.04 Å². The van der Waals surface area contributed by atoms with Crippen molar-refractivity contribution >= 4 is 23.0 Å². The fourth-order valence-electron chi connectivity index (χ4n) is 2.40. The molecule has 1 aliphatic carbocycles. The van der Waals surface area contributed by atoms with E-state index in [1.54, 1.807) is 12.1 Å². The van der Waals surface area contributed by atoms with Crippen LogP contribution in [0.25, 0.3) is 0 Å². The van der Waals surface area contributed by atoms with Crippen molar-refractivity contribution in [2.45, 2.75) is 45.1 Å². The summed E-state index contributed by atoms with van der Waals surface area (Å²) < 4.78 is 12.9. The van der Waals surface area contributed by atoms with Crippen LogP contribution in [0.5, 0.6) is 0 Å². The van der Waals surface area contributed by atoms with Gasteiger partial charge in [-0.25, -0.2) is 4.39 Å². The van der Waals surface area contributed by atoms with Crippen molar-refractivity contribution in [2.24, 2.45) is 5.10 Å². The van der Waals surface area contributed by atoms with Crippen LogP contribution in [0.4, 0.5) is 4.39 Å². The van der Waals surface area contributed by atoms with Gasteiger partial charge in [-0.05, 0) is 49.2 Å². The lowest BCUT2D eigenvalue weighted by molar-refractivity contribution is 0.623. The lowest BCUT2D eigenvalue weighted by Crippen LogP contribution is -2.38. The fraction of sp³-hybridized carbons (Fsp3) is 0.467. The summed E-state index contributed by atoms with van der Waals surface area (Å²) >= 11 is 5.24. The van der Waals surface area contributed by atoms with E-state index in [2.05, 4.69) is 15.8 Å². The summed E-state index contributed by atoms with van der Waals surface area (Å²) in [6.45, 7) is 2.01. The number of nitrogens with one attached hydrogen (secondary N) is 2. The third kappa shape index (κ3) is 4.27. The Morgan fingerprint density at radius 2 is 1.95 bits per heavy atom. The van der Waals surface area contributed by atoms with E-state index in [0.29, 0.717) is 11.2 Å². The van der Waals surface area contributed by atoms with Gasteiger partial charge in [0.2, 0.25) is 0 Å². The summed E-state index contributed by atoms with van der Waals surface area (Å²) in [4.78, 5) is 0. The largest absolute Gasteiger partial charge is 0.359 e. The lowest BCUT2D eigenvalue weighted by atomic mass is 10.1. The summed E-state index contributed by atoms with van der Waals surface area (Å²) in [5.41, 5.74) is 4.66. The van der Waals surface area contributed by atoms with E-state index in [4.69, 9.17) is 12.2 Å². The van der Waals surface area contributed by atoms with E-state index in [0.717, 1.165) is 17.7 Å². The Morgan fingerprint density at radius 3 is 2.55 bits per heavy atom. The highest BCUT2D eigenvalue weighted by Gasteiger charge is 2.15. The second-order valence-electron chi connectivity index (χ2n) is 4.99. The average molecular weight is 293 g/mol. The zero-order valence-electron chi connectivity index (χ0n) is 11.7. The normalized spacial score (nSPS) is 16.2. The Labute approximate surface area is 124 Å². The Bertz CT molecular complexity index is 478. The monoisotopic (exact) mass is 293 g/mol. The van der Waals surface area contributed by atoms with Crippen LogP contribution in [-0.4, -0.2) is 16.9 Å². The molecule has 0 radical (unpaired) electrons. The maximum Gasteiger partial charge on any atom is 0.187 e. The first-order valence-electron chi connectivity index (χ1n) is 7.08. The molecule has 108 valence electrons. The van der Waals surface area contributed by atoms with Crippen LogP contribution >= 0.6 is 12.2 Å². The third-order valence-electron chi connectivity index (χ3n) is 3.50. The van der Waals surface area contributed by atoms with E-state index in [9.17, 15) is 4.39 Å². The van der Waals surface area contributed by atoms with Gasteiger partial charge >= 0.3 is 0 Å². The molecule has 20 heavy (non-hydrogen) atoms. The Balaban J connectivity index is 1.93. The van der Waals surface area contributed by atoms with Gasteiger partial charge in [0.15, 0.2) is 5.11 Å². The molecule has 1 aromatic rings. The highest BCUT2D eigenvalue weighted by molar-refractivity contribution is 7.80. The molecule has 0 aliphatic heterocycles. The quantitative estimate of drug-likeness (QED) is 0.508. The molecule has 0 spiro atoms. The minimum absolute atomic E-state index is 0.240. The molecule has 0 heterocycles. The van der Waals surface area contributed by atoms with E-state index in [-0.39, 0.29) is 5.82 Å². The molecule has 5 heteroatoms. The van der Waals surface area contributed by atoms with Crippen LogP contribution in [0.3, 0.4) is 0 Å². The van der Waals surface area contributed by atoms with Crippen LogP contribution in [-0.2, 0) is 0 Å². The first-order chi connectivity index (χ1) is 9.69. The van der Waals surface area contributed by atoms with Crippen molar-refractivity contribution in [1.29, 1.82) is 0 Å². The number of benzene rings is 1. The molecule has 0 unspecified atom stereocenters. The van der Waals surface area contributed by atoms with Crippen molar-refractivity contribution in [3.05, 3.63) is 35.6 Å². The Morgan fingerprint density at radius 1 is 1.30 bits per heavy atom. The molecular weight excluding hydrogens is 273 g/mol. The summed E-state index contributed by atoms with van der Waals surface area (Å²) in [5, 5.41) is 8.16. The van der Waals surface area contributed by atoms with Gasteiger partial charge in [-0.3, -0.25) is 5.43 Å². The van der Waals surface area contributed by atoms with E-state index in [1.807, 2.05) is 6.92 Å². The van der Waals surface area contributed by atoms with Gasteiger partial charge in [-0.15, -0.1) is 0 Å². The third-order valence-corrected chi connectivity index (χ3v) is 3.70. The molecule has 0 saturated heterocycles. The number of halogens is 1. The first kappa shape index (κ1) is 14.9. The molecule has 0 aromatic heterocycles. The number of thiocarbonyl (C=S) groups is 1. The average Bonchev–Trinajstić information content (AvgIpc) is 2.94. The summed E-state index contributed by atoms with van der Waals surface area (Å²) in [5.74, 6) is -0.240. The molecule has 2 rings (SSSR count). The summed E-state index contributed by atoms with van der Waals surface area (Å²) in [6.07, 6.45) is 5.62. The topological polar surface area (TPSA) is 36.4 Å². The van der Waals surface area contributed by atoms with E-state index >= 15 is 0 Å². The van der Waals surface area contributed by atoms with Crippen LogP contribution in [0.1, 0.15) is 44.6 Å². The molecular formula is C15H20FN3S. The van der Waals surface area contributed by atoms with Crippen molar-refractivity contribution in [2.75, 3.05) is 0 Å². The summed E-state index contributed by atoms with van der Waals surface area (Å²) in [7, 11) is 0. The number of rotatable bonds is 4. The van der Waals surface area contributed by atoms with E-state index < -0.39 is 0 Å². The maximum atomic E-state index is 12.9. The number of hydrogen-bond acceptors (Lipinski definition) is 2. The maximum absolute atomic E-state index is 12.9. The molecule has 1 saturated carbocycles. The Kier molecular flexibility index (Phi) is 5.47. The standard InChI is InChI=1S/C15H20FN3S/c1-2-14(11-7-9-12(16)10-8-11)18-19-15(20)17-13-5-3-4-6-13/h7-10,13H,2-6H2,1H3,(H2,17,19,20)/b18-14-. The predicted molar refractivity (Wildman–Crippen MR) is 84.4 cm³/mol. The number of hydrogen-bond donors (Lipinski definition) is 2. The van der Waals surface area contributed by atoms with Crippen LogP contribution < -0.4 is 10.7 Å². The Hall–Kier alpha value is -1.49. The van der Waals surface area contributed by atoms with Crippen molar-refractivity contribution in [3.63, 3.8) is 0 Å². The number of hydrazone groups is 1. The molecule has 2 N–H and O–H groups in total. The van der Waals surface area contributed by atoms with Crippen molar-refractivity contribution < 1.29 is 4.39 Å². The molecule has 1 fully saturated rings. The second kappa shape index (κ2) is 7.33. The second-order valence-corrected chi connectivity index (χ2v) is 5.39. The summed E-state index contributed by atoms with van der Waals surface area (Å²) in [6, 6.07) is 6.81. The molecule has 1 aromatic carbocycles. The van der Waals surface area contributed by atoms with Crippen molar-refractivity contribution in [1.82, 2.24) is 10.7 Å². The van der Waals surface area contributed by atoms with Gasteiger partial charge in [0.05, 0.1) is 5.71 Å². The molecule has 0 atom stereocenters. The van der Waals surface area contributed by atoms with E-state index in [1.165, 1.54) is 37.8 Å². The molecule has 0 amide bonds. The fourth-order valence-corrected chi connectivity index (χ4v) is 2.61. The predicted octanol–water partition coefficient (Wildman–Crippen LogP) is 3.35. The van der Waals surface area contributed by atoms with Gasteiger partial charge in [-0.2, -0.15) is 5.10 Å². The van der Waals surface area contributed by atoms with Crippen LogP contribution in [0, 0.1) is 5.82 Å². The van der Waals surface area contributed by atoms with Gasteiger partial charge in [0.1, 0.15) is 5.82 Å². The molecule has 0 bridgehead atoms.